The number of carbonyl (C=O) groups excluding carboxylic acids is 1. The molecule has 1 aromatic carbocycles. The lowest BCUT2D eigenvalue weighted by molar-refractivity contribution is 0.0697. The number of carbonyl (C=O) groups is 1. The molecule has 0 saturated carbocycles. The number of rotatable bonds is 2. The van der Waals surface area contributed by atoms with Gasteiger partial charge < -0.3 is 14.4 Å². The van der Waals surface area contributed by atoms with Gasteiger partial charge in [-0.3, -0.25) is 4.79 Å². The Bertz CT molecular complexity index is 999. The summed E-state index contributed by atoms with van der Waals surface area (Å²) in [7, 11) is 0. The minimum atomic E-state index is -0.0560. The van der Waals surface area contributed by atoms with Crippen LogP contribution in [0.15, 0.2) is 41.1 Å². The van der Waals surface area contributed by atoms with Gasteiger partial charge in [-0.1, -0.05) is 17.7 Å². The van der Waals surface area contributed by atoms with Crippen molar-refractivity contribution in [1.82, 2.24) is 4.90 Å². The van der Waals surface area contributed by atoms with Crippen LogP contribution in [0.5, 0.6) is 11.5 Å². The average Bonchev–Trinajstić information content (AvgIpc) is 3.38. The van der Waals surface area contributed by atoms with Gasteiger partial charge in [0.1, 0.15) is 13.2 Å². The Kier molecular flexibility index (Phi) is 4.34. The maximum absolute atomic E-state index is 13.5. The fraction of sp³-hybridized carbons (Fsp3) is 0.250. The Morgan fingerprint density at radius 2 is 2.04 bits per heavy atom. The van der Waals surface area contributed by atoms with Crippen molar-refractivity contribution in [3.63, 3.8) is 0 Å². The second-order valence-electron chi connectivity index (χ2n) is 6.45. The molecule has 1 amide bonds. The highest BCUT2D eigenvalue weighted by molar-refractivity contribution is 7.10. The summed E-state index contributed by atoms with van der Waals surface area (Å²) in [5.74, 6) is 1.02. The zero-order valence-electron chi connectivity index (χ0n) is 14.3. The first kappa shape index (κ1) is 17.1. The monoisotopic (exact) mass is 417 g/mol. The normalized spacial score (nSPS) is 18.3. The SMILES string of the molecule is O=C(c1cc(Cl)c2c(c1)OCCO2)N1CCc2sccc2C1c1cccs1. The molecule has 3 aromatic rings. The summed E-state index contributed by atoms with van der Waals surface area (Å²) in [5, 5.41) is 4.58. The lowest BCUT2D eigenvalue weighted by atomic mass is 9.97. The number of ether oxygens (including phenoxy) is 2. The van der Waals surface area contributed by atoms with Gasteiger partial charge in [-0.2, -0.15) is 0 Å². The number of amides is 1. The second-order valence-corrected chi connectivity index (χ2v) is 8.84. The topological polar surface area (TPSA) is 38.8 Å². The van der Waals surface area contributed by atoms with Gasteiger partial charge in [-0.15, -0.1) is 22.7 Å². The third kappa shape index (κ3) is 2.92. The maximum Gasteiger partial charge on any atom is 0.254 e. The second kappa shape index (κ2) is 6.86. The molecule has 5 rings (SSSR count). The highest BCUT2D eigenvalue weighted by Gasteiger charge is 2.34. The quantitative estimate of drug-likeness (QED) is 0.587. The van der Waals surface area contributed by atoms with Gasteiger partial charge in [0, 0.05) is 21.9 Å². The summed E-state index contributed by atoms with van der Waals surface area (Å²) in [6.07, 6.45) is 0.874. The molecular weight excluding hydrogens is 402 g/mol. The lowest BCUT2D eigenvalue weighted by Crippen LogP contribution is -2.39. The zero-order valence-corrected chi connectivity index (χ0v) is 16.7. The first-order valence-electron chi connectivity index (χ1n) is 8.72. The van der Waals surface area contributed by atoms with E-state index in [0.717, 1.165) is 6.42 Å². The molecule has 27 heavy (non-hydrogen) atoms. The molecule has 0 radical (unpaired) electrons. The van der Waals surface area contributed by atoms with Gasteiger partial charge in [0.15, 0.2) is 11.5 Å². The highest BCUT2D eigenvalue weighted by Crippen LogP contribution is 2.42. The van der Waals surface area contributed by atoms with Gasteiger partial charge in [0.05, 0.1) is 11.1 Å². The van der Waals surface area contributed by atoms with Crippen LogP contribution in [0.1, 0.15) is 31.7 Å². The molecule has 4 nitrogen and oxygen atoms in total. The third-order valence-electron chi connectivity index (χ3n) is 4.88. The third-order valence-corrected chi connectivity index (χ3v) is 7.09. The first-order chi connectivity index (χ1) is 13.2. The summed E-state index contributed by atoms with van der Waals surface area (Å²) in [4.78, 5) is 17.9. The molecule has 0 saturated heterocycles. The van der Waals surface area contributed by atoms with Crippen LogP contribution in [-0.4, -0.2) is 30.6 Å². The van der Waals surface area contributed by atoms with Crippen LogP contribution < -0.4 is 9.47 Å². The van der Waals surface area contributed by atoms with Crippen LogP contribution in [0.4, 0.5) is 0 Å². The Morgan fingerprint density at radius 1 is 1.15 bits per heavy atom. The van der Waals surface area contributed by atoms with E-state index in [1.54, 1.807) is 34.8 Å². The van der Waals surface area contributed by atoms with E-state index in [4.69, 9.17) is 21.1 Å². The van der Waals surface area contributed by atoms with Gasteiger partial charge in [-0.05, 0) is 47.0 Å². The number of fused-ring (bicyclic) bond motifs is 2. The fourth-order valence-corrected chi connectivity index (χ4v) is 5.71. The van der Waals surface area contributed by atoms with Crippen LogP contribution in [0.25, 0.3) is 0 Å². The minimum absolute atomic E-state index is 0.0378. The molecule has 0 fully saturated rings. The summed E-state index contributed by atoms with van der Waals surface area (Å²) in [5.41, 5.74) is 1.76. The lowest BCUT2D eigenvalue weighted by Gasteiger charge is -2.35. The van der Waals surface area contributed by atoms with Crippen molar-refractivity contribution in [1.29, 1.82) is 0 Å². The predicted molar refractivity (Wildman–Crippen MR) is 108 cm³/mol. The standard InChI is InChI=1S/C20H16ClNO3S2/c21-14-10-12(11-15-19(14)25-7-6-24-15)20(23)22-5-3-16-13(4-9-27-16)18(22)17-2-1-8-26-17/h1-2,4,8-11,18H,3,5-7H2. The van der Waals surface area contributed by atoms with E-state index >= 15 is 0 Å². The van der Waals surface area contributed by atoms with Crippen LogP contribution in [-0.2, 0) is 6.42 Å². The molecule has 7 heteroatoms. The average molecular weight is 418 g/mol. The number of hydrogen-bond donors (Lipinski definition) is 0. The van der Waals surface area contributed by atoms with Crippen molar-refractivity contribution in [3.8, 4) is 11.5 Å². The molecule has 0 spiro atoms. The minimum Gasteiger partial charge on any atom is -0.486 e. The van der Waals surface area contributed by atoms with Gasteiger partial charge in [0.2, 0.25) is 0 Å². The van der Waals surface area contributed by atoms with E-state index in [2.05, 4.69) is 22.9 Å². The van der Waals surface area contributed by atoms with Crippen molar-refractivity contribution in [2.24, 2.45) is 0 Å². The van der Waals surface area contributed by atoms with Gasteiger partial charge in [-0.25, -0.2) is 0 Å². The Morgan fingerprint density at radius 3 is 2.89 bits per heavy atom. The highest BCUT2D eigenvalue weighted by atomic mass is 35.5. The summed E-state index contributed by atoms with van der Waals surface area (Å²) >= 11 is 9.80. The van der Waals surface area contributed by atoms with E-state index in [9.17, 15) is 4.79 Å². The molecule has 1 unspecified atom stereocenters. The molecule has 138 valence electrons. The smallest absolute Gasteiger partial charge is 0.254 e. The van der Waals surface area contributed by atoms with Crippen molar-refractivity contribution < 1.29 is 14.3 Å². The number of halogens is 1. The molecule has 0 bridgehead atoms. The first-order valence-corrected chi connectivity index (χ1v) is 10.9. The molecule has 2 aromatic heterocycles. The zero-order chi connectivity index (χ0) is 18.4. The van der Waals surface area contributed by atoms with E-state index in [1.807, 2.05) is 11.0 Å². The number of nitrogens with zero attached hydrogens (tertiary/aromatic N) is 1. The van der Waals surface area contributed by atoms with Crippen molar-refractivity contribution in [2.75, 3.05) is 19.8 Å². The molecule has 2 aliphatic rings. The van der Waals surface area contributed by atoms with E-state index in [-0.39, 0.29) is 11.9 Å². The predicted octanol–water partition coefficient (Wildman–Crippen LogP) is 5.02. The van der Waals surface area contributed by atoms with Crippen LogP contribution in [0, 0.1) is 0 Å². The molecule has 0 N–H and O–H groups in total. The Hall–Kier alpha value is -2.02. The van der Waals surface area contributed by atoms with E-state index in [1.165, 1.54) is 15.3 Å². The van der Waals surface area contributed by atoms with Crippen LogP contribution in [0.2, 0.25) is 5.02 Å². The molecule has 0 aliphatic carbocycles. The molecule has 2 aliphatic heterocycles. The van der Waals surface area contributed by atoms with Gasteiger partial charge >= 0.3 is 0 Å². The van der Waals surface area contributed by atoms with Crippen molar-refractivity contribution >= 4 is 40.2 Å². The number of benzene rings is 1. The number of hydrogen-bond acceptors (Lipinski definition) is 5. The molecule has 4 heterocycles. The Labute approximate surface area is 169 Å². The fourth-order valence-electron chi connectivity index (χ4n) is 3.69. The summed E-state index contributed by atoms with van der Waals surface area (Å²) in [6.45, 7) is 1.61. The summed E-state index contributed by atoms with van der Waals surface area (Å²) < 4.78 is 11.2. The van der Waals surface area contributed by atoms with E-state index < -0.39 is 0 Å². The van der Waals surface area contributed by atoms with Crippen LogP contribution in [0.3, 0.4) is 0 Å². The Balaban J connectivity index is 1.55. The maximum atomic E-state index is 13.5. The van der Waals surface area contributed by atoms with Crippen LogP contribution >= 0.6 is 34.3 Å². The number of thiophene rings is 2. The molecule has 1 atom stereocenters. The van der Waals surface area contributed by atoms with Crippen molar-refractivity contribution in [3.05, 3.63) is 67.0 Å². The largest absolute Gasteiger partial charge is 0.486 e. The van der Waals surface area contributed by atoms with Crippen molar-refractivity contribution in [2.45, 2.75) is 12.5 Å². The molecular formula is C20H16ClNO3S2. The van der Waals surface area contributed by atoms with E-state index in [0.29, 0.717) is 41.8 Å². The summed E-state index contributed by atoms with van der Waals surface area (Å²) in [6, 6.07) is 9.65. The van der Waals surface area contributed by atoms with Gasteiger partial charge in [0.25, 0.3) is 5.91 Å².